The molecule has 4 heteroatoms. The molecular weight excluding hydrogens is 290 g/mol. The number of anilines is 1. The number of aromatic nitrogens is 2. The van der Waals surface area contributed by atoms with Gasteiger partial charge in [-0.3, -0.25) is 0 Å². The molecule has 0 unspecified atom stereocenters. The maximum absolute atomic E-state index is 4.51. The highest BCUT2D eigenvalue weighted by atomic mass is 79.9. The molecule has 0 aliphatic rings. The molecule has 0 aliphatic carbocycles. The van der Waals surface area contributed by atoms with E-state index in [4.69, 9.17) is 0 Å². The summed E-state index contributed by atoms with van der Waals surface area (Å²) in [5.74, 6) is 1.68. The summed E-state index contributed by atoms with van der Waals surface area (Å²) in [7, 11) is 1.86. The molecule has 0 amide bonds. The third-order valence-electron chi connectivity index (χ3n) is 2.74. The van der Waals surface area contributed by atoms with Gasteiger partial charge in [0.1, 0.15) is 11.6 Å². The SMILES string of the molecule is CNc1nc(Cc2cccc(C)c2)nc(C)c1Br. The zero-order valence-corrected chi connectivity index (χ0v) is 12.4. The Hall–Kier alpha value is -1.42. The second-order valence-electron chi connectivity index (χ2n) is 4.30. The van der Waals surface area contributed by atoms with Crippen LogP contribution in [0.4, 0.5) is 5.82 Å². The van der Waals surface area contributed by atoms with E-state index < -0.39 is 0 Å². The molecule has 0 fully saturated rings. The van der Waals surface area contributed by atoms with Crippen molar-refractivity contribution in [1.82, 2.24) is 9.97 Å². The van der Waals surface area contributed by atoms with Gasteiger partial charge in [0, 0.05) is 13.5 Å². The highest BCUT2D eigenvalue weighted by Gasteiger charge is 2.08. The number of aryl methyl sites for hydroxylation is 2. The molecule has 0 saturated carbocycles. The molecule has 1 aromatic heterocycles. The number of rotatable bonds is 3. The Bertz CT molecular complexity index is 567. The number of hydrogen-bond donors (Lipinski definition) is 1. The van der Waals surface area contributed by atoms with E-state index >= 15 is 0 Å². The lowest BCUT2D eigenvalue weighted by atomic mass is 10.1. The first kappa shape index (κ1) is 13.0. The van der Waals surface area contributed by atoms with E-state index in [2.05, 4.69) is 62.4 Å². The van der Waals surface area contributed by atoms with Crippen molar-refractivity contribution in [2.24, 2.45) is 0 Å². The molecule has 1 aromatic carbocycles. The molecule has 0 saturated heterocycles. The van der Waals surface area contributed by atoms with Crippen molar-refractivity contribution < 1.29 is 0 Å². The lowest BCUT2D eigenvalue weighted by Crippen LogP contribution is -2.04. The molecular formula is C14H16BrN3. The van der Waals surface area contributed by atoms with Crippen molar-refractivity contribution >= 4 is 21.7 Å². The number of halogens is 1. The largest absolute Gasteiger partial charge is 0.372 e. The van der Waals surface area contributed by atoms with Crippen molar-refractivity contribution in [2.45, 2.75) is 20.3 Å². The molecule has 0 aliphatic heterocycles. The highest BCUT2D eigenvalue weighted by molar-refractivity contribution is 9.10. The van der Waals surface area contributed by atoms with Gasteiger partial charge in [-0.15, -0.1) is 0 Å². The molecule has 0 atom stereocenters. The monoisotopic (exact) mass is 305 g/mol. The fraction of sp³-hybridized carbons (Fsp3) is 0.286. The van der Waals surface area contributed by atoms with Crippen LogP contribution in [0.1, 0.15) is 22.6 Å². The van der Waals surface area contributed by atoms with E-state index in [-0.39, 0.29) is 0 Å². The minimum absolute atomic E-state index is 0.754. The zero-order valence-electron chi connectivity index (χ0n) is 10.8. The zero-order chi connectivity index (χ0) is 13.1. The number of benzene rings is 1. The Labute approximate surface area is 116 Å². The topological polar surface area (TPSA) is 37.8 Å². The van der Waals surface area contributed by atoms with E-state index in [1.165, 1.54) is 11.1 Å². The lowest BCUT2D eigenvalue weighted by molar-refractivity contribution is 0.935. The van der Waals surface area contributed by atoms with Crippen LogP contribution >= 0.6 is 15.9 Å². The van der Waals surface area contributed by atoms with Gasteiger partial charge in [-0.1, -0.05) is 29.8 Å². The van der Waals surface area contributed by atoms with Crippen LogP contribution in [0, 0.1) is 13.8 Å². The Morgan fingerprint density at radius 3 is 2.67 bits per heavy atom. The molecule has 1 heterocycles. The average molecular weight is 306 g/mol. The minimum atomic E-state index is 0.754. The minimum Gasteiger partial charge on any atom is -0.372 e. The van der Waals surface area contributed by atoms with Crippen molar-refractivity contribution in [2.75, 3.05) is 12.4 Å². The van der Waals surface area contributed by atoms with E-state index in [0.29, 0.717) is 0 Å². The summed E-state index contributed by atoms with van der Waals surface area (Å²) in [4.78, 5) is 9.02. The van der Waals surface area contributed by atoms with E-state index in [9.17, 15) is 0 Å². The van der Waals surface area contributed by atoms with Crippen LogP contribution < -0.4 is 5.32 Å². The van der Waals surface area contributed by atoms with Gasteiger partial charge in [-0.2, -0.15) is 0 Å². The predicted molar refractivity (Wildman–Crippen MR) is 78.0 cm³/mol. The summed E-state index contributed by atoms with van der Waals surface area (Å²) in [6, 6.07) is 8.43. The fourth-order valence-corrected chi connectivity index (χ4v) is 2.24. The van der Waals surface area contributed by atoms with Crippen molar-refractivity contribution in [3.05, 3.63) is 51.4 Å². The fourth-order valence-electron chi connectivity index (χ4n) is 1.87. The Kier molecular flexibility index (Phi) is 3.97. The second-order valence-corrected chi connectivity index (χ2v) is 5.10. The van der Waals surface area contributed by atoms with Gasteiger partial charge in [0.05, 0.1) is 10.2 Å². The van der Waals surface area contributed by atoms with Gasteiger partial charge in [-0.25, -0.2) is 9.97 Å². The standard InChI is InChI=1S/C14H16BrN3/c1-9-5-4-6-11(7-9)8-12-17-10(2)13(15)14(16-3)18-12/h4-7H,8H2,1-3H3,(H,16,17,18). The first-order valence-electron chi connectivity index (χ1n) is 5.86. The quantitative estimate of drug-likeness (QED) is 0.943. The normalized spacial score (nSPS) is 10.4. The van der Waals surface area contributed by atoms with Gasteiger partial charge >= 0.3 is 0 Å². The Morgan fingerprint density at radius 2 is 2.00 bits per heavy atom. The molecule has 1 N–H and O–H groups in total. The van der Waals surface area contributed by atoms with Crippen LogP contribution in [0.15, 0.2) is 28.7 Å². The van der Waals surface area contributed by atoms with Crippen LogP contribution in [0.5, 0.6) is 0 Å². The first-order chi connectivity index (χ1) is 8.60. The van der Waals surface area contributed by atoms with Gasteiger partial charge in [0.2, 0.25) is 0 Å². The Morgan fingerprint density at radius 1 is 1.22 bits per heavy atom. The third kappa shape index (κ3) is 2.88. The van der Waals surface area contributed by atoms with E-state index in [1.807, 2.05) is 14.0 Å². The molecule has 2 aromatic rings. The smallest absolute Gasteiger partial charge is 0.144 e. The van der Waals surface area contributed by atoms with Crippen LogP contribution in [0.2, 0.25) is 0 Å². The van der Waals surface area contributed by atoms with Crippen LogP contribution in [-0.2, 0) is 6.42 Å². The molecule has 0 bridgehead atoms. The summed E-state index contributed by atoms with van der Waals surface area (Å²) in [5.41, 5.74) is 3.45. The van der Waals surface area contributed by atoms with Gasteiger partial charge in [0.15, 0.2) is 0 Å². The van der Waals surface area contributed by atoms with E-state index in [0.717, 1.165) is 28.2 Å². The number of nitrogens with one attached hydrogen (secondary N) is 1. The van der Waals surface area contributed by atoms with E-state index in [1.54, 1.807) is 0 Å². The Balaban J connectivity index is 2.32. The van der Waals surface area contributed by atoms with Crippen molar-refractivity contribution in [3.8, 4) is 0 Å². The predicted octanol–water partition coefficient (Wildman–Crippen LogP) is 3.49. The molecule has 18 heavy (non-hydrogen) atoms. The number of hydrogen-bond acceptors (Lipinski definition) is 3. The summed E-state index contributed by atoms with van der Waals surface area (Å²) >= 11 is 3.48. The molecule has 2 rings (SSSR count). The first-order valence-corrected chi connectivity index (χ1v) is 6.65. The summed E-state index contributed by atoms with van der Waals surface area (Å²) < 4.78 is 0.929. The van der Waals surface area contributed by atoms with Crippen LogP contribution in [0.3, 0.4) is 0 Å². The maximum Gasteiger partial charge on any atom is 0.144 e. The molecule has 0 radical (unpaired) electrons. The van der Waals surface area contributed by atoms with Crippen LogP contribution in [0.25, 0.3) is 0 Å². The molecule has 3 nitrogen and oxygen atoms in total. The van der Waals surface area contributed by atoms with Crippen molar-refractivity contribution in [1.29, 1.82) is 0 Å². The molecule has 94 valence electrons. The lowest BCUT2D eigenvalue weighted by Gasteiger charge is -2.09. The van der Waals surface area contributed by atoms with Gasteiger partial charge in [0.25, 0.3) is 0 Å². The average Bonchev–Trinajstić information content (AvgIpc) is 2.33. The van der Waals surface area contributed by atoms with Crippen LogP contribution in [-0.4, -0.2) is 17.0 Å². The highest BCUT2D eigenvalue weighted by Crippen LogP contribution is 2.23. The second kappa shape index (κ2) is 5.48. The van der Waals surface area contributed by atoms with Crippen molar-refractivity contribution in [3.63, 3.8) is 0 Å². The summed E-state index contributed by atoms with van der Waals surface area (Å²) in [6.07, 6.45) is 0.754. The van der Waals surface area contributed by atoms with Gasteiger partial charge < -0.3 is 5.32 Å². The summed E-state index contributed by atoms with van der Waals surface area (Å²) in [5, 5.41) is 3.08. The number of nitrogens with zero attached hydrogens (tertiary/aromatic N) is 2. The third-order valence-corrected chi connectivity index (χ3v) is 3.69. The maximum atomic E-state index is 4.51. The molecule has 0 spiro atoms. The summed E-state index contributed by atoms with van der Waals surface area (Å²) in [6.45, 7) is 4.07. The van der Waals surface area contributed by atoms with Gasteiger partial charge in [-0.05, 0) is 35.3 Å².